The predicted molar refractivity (Wildman–Crippen MR) is 82.3 cm³/mol. The summed E-state index contributed by atoms with van der Waals surface area (Å²) in [4.78, 5) is 27.1. The van der Waals surface area contributed by atoms with Gasteiger partial charge >= 0.3 is 12.0 Å². The highest BCUT2D eigenvalue weighted by Crippen LogP contribution is 2.17. The molecule has 1 fully saturated rings. The fraction of sp³-hybridized carbons (Fsp3) is 0.867. The molecule has 2 amide bonds. The average Bonchev–Trinajstić information content (AvgIpc) is 2.43. The van der Waals surface area contributed by atoms with Gasteiger partial charge in [0.2, 0.25) is 0 Å². The minimum absolute atomic E-state index is 0.124. The summed E-state index contributed by atoms with van der Waals surface area (Å²) in [5.41, 5.74) is 0. The van der Waals surface area contributed by atoms with Crippen molar-refractivity contribution in [2.24, 2.45) is 11.8 Å². The van der Waals surface area contributed by atoms with Gasteiger partial charge in [0.05, 0.1) is 5.92 Å². The average molecular weight is 299 g/mol. The van der Waals surface area contributed by atoms with E-state index in [0.29, 0.717) is 12.3 Å². The molecule has 0 aromatic rings. The quantitative estimate of drug-likeness (QED) is 0.746. The van der Waals surface area contributed by atoms with Crippen LogP contribution in [0.3, 0.4) is 0 Å². The first-order valence-corrected chi connectivity index (χ1v) is 7.84. The number of carbonyl (C=O) groups is 2. The molecule has 6 nitrogen and oxygen atoms in total. The molecular weight excluding hydrogens is 270 g/mol. The lowest BCUT2D eigenvalue weighted by atomic mass is 9.96. The van der Waals surface area contributed by atoms with Crippen molar-refractivity contribution in [1.29, 1.82) is 0 Å². The number of amides is 2. The number of carbonyl (C=O) groups excluding carboxylic acids is 1. The molecule has 1 unspecified atom stereocenters. The summed E-state index contributed by atoms with van der Waals surface area (Å²) in [7, 11) is 4.14. The number of nitrogens with zero attached hydrogens (tertiary/aromatic N) is 2. The van der Waals surface area contributed by atoms with Gasteiger partial charge in [-0.15, -0.1) is 0 Å². The van der Waals surface area contributed by atoms with Crippen molar-refractivity contribution >= 4 is 12.0 Å². The van der Waals surface area contributed by atoms with Crippen LogP contribution in [-0.2, 0) is 4.79 Å². The summed E-state index contributed by atoms with van der Waals surface area (Å²) in [5, 5.41) is 11.8. The van der Waals surface area contributed by atoms with Crippen LogP contribution in [0.4, 0.5) is 4.79 Å². The minimum Gasteiger partial charge on any atom is -0.481 e. The molecule has 1 rings (SSSR count). The van der Waals surface area contributed by atoms with E-state index >= 15 is 0 Å². The van der Waals surface area contributed by atoms with Crippen molar-refractivity contribution in [2.75, 3.05) is 40.3 Å². The molecule has 2 N–H and O–H groups in total. The van der Waals surface area contributed by atoms with Crippen LogP contribution in [0.2, 0.25) is 0 Å². The maximum Gasteiger partial charge on any atom is 0.317 e. The van der Waals surface area contributed by atoms with Gasteiger partial charge < -0.3 is 20.2 Å². The fourth-order valence-electron chi connectivity index (χ4n) is 2.82. The second-order valence-electron chi connectivity index (χ2n) is 6.20. The number of carboxylic acid groups (broad SMARTS) is 1. The largest absolute Gasteiger partial charge is 0.481 e. The summed E-state index contributed by atoms with van der Waals surface area (Å²) in [6.45, 7) is 4.76. The molecule has 122 valence electrons. The number of urea groups is 1. The molecule has 0 radical (unpaired) electrons. The molecule has 6 heteroatoms. The molecule has 1 saturated heterocycles. The molecule has 0 aromatic heterocycles. The lowest BCUT2D eigenvalue weighted by molar-refractivity contribution is -0.141. The third-order valence-electron chi connectivity index (χ3n) is 4.01. The Morgan fingerprint density at radius 2 is 1.95 bits per heavy atom. The topological polar surface area (TPSA) is 72.9 Å². The van der Waals surface area contributed by atoms with Crippen molar-refractivity contribution in [1.82, 2.24) is 15.1 Å². The number of nitrogens with one attached hydrogen (secondary N) is 1. The first kappa shape index (κ1) is 17.8. The number of carboxylic acids is 1. The highest BCUT2D eigenvalue weighted by molar-refractivity contribution is 5.76. The molecular formula is C15H29N3O3. The number of hydrogen-bond acceptors (Lipinski definition) is 3. The van der Waals surface area contributed by atoms with E-state index in [9.17, 15) is 9.59 Å². The van der Waals surface area contributed by atoms with E-state index in [1.807, 2.05) is 6.92 Å². The van der Waals surface area contributed by atoms with Crippen LogP contribution in [0, 0.1) is 11.8 Å². The third kappa shape index (κ3) is 6.33. The van der Waals surface area contributed by atoms with Crippen LogP contribution >= 0.6 is 0 Å². The number of piperidine rings is 1. The summed E-state index contributed by atoms with van der Waals surface area (Å²) in [6.07, 6.45) is 3.44. The molecule has 1 aliphatic heterocycles. The molecule has 21 heavy (non-hydrogen) atoms. The number of likely N-dealkylation sites (tertiary alicyclic amines) is 1. The van der Waals surface area contributed by atoms with Gasteiger partial charge in [-0.3, -0.25) is 4.79 Å². The van der Waals surface area contributed by atoms with E-state index in [1.165, 1.54) is 0 Å². The van der Waals surface area contributed by atoms with E-state index < -0.39 is 11.9 Å². The molecule has 0 saturated carbocycles. The third-order valence-corrected chi connectivity index (χ3v) is 4.01. The van der Waals surface area contributed by atoms with Gasteiger partial charge in [-0.25, -0.2) is 4.79 Å². The van der Waals surface area contributed by atoms with Crippen LogP contribution in [0.25, 0.3) is 0 Å². The monoisotopic (exact) mass is 299 g/mol. The first-order chi connectivity index (χ1) is 9.93. The maximum atomic E-state index is 12.1. The van der Waals surface area contributed by atoms with Crippen LogP contribution in [-0.4, -0.2) is 67.2 Å². The highest BCUT2D eigenvalue weighted by Gasteiger charge is 2.24. The number of hydrogen-bond donors (Lipinski definition) is 2. The van der Waals surface area contributed by atoms with Crippen LogP contribution < -0.4 is 5.32 Å². The second kappa shape index (κ2) is 8.87. The van der Waals surface area contributed by atoms with Crippen molar-refractivity contribution in [3.63, 3.8) is 0 Å². The zero-order valence-electron chi connectivity index (χ0n) is 13.5. The number of aliphatic carboxylic acids is 1. The normalized spacial score (nSPS) is 17.8. The lowest BCUT2D eigenvalue weighted by Gasteiger charge is -2.33. The van der Waals surface area contributed by atoms with Crippen LogP contribution in [0.5, 0.6) is 0 Å². The Morgan fingerprint density at radius 3 is 2.43 bits per heavy atom. The Kier molecular flexibility index (Phi) is 7.50. The van der Waals surface area contributed by atoms with E-state index in [2.05, 4.69) is 24.3 Å². The Morgan fingerprint density at radius 1 is 1.33 bits per heavy atom. The molecule has 1 heterocycles. The summed E-state index contributed by atoms with van der Waals surface area (Å²) in [6, 6.07) is -0.124. The molecule has 1 aliphatic rings. The van der Waals surface area contributed by atoms with Crippen molar-refractivity contribution in [2.45, 2.75) is 32.6 Å². The van der Waals surface area contributed by atoms with Gasteiger partial charge in [0, 0.05) is 26.2 Å². The SMILES string of the molecule is CCCC(CNC(=O)N1CCC(CN(C)C)CC1)C(=O)O. The minimum atomic E-state index is -0.832. The first-order valence-electron chi connectivity index (χ1n) is 7.84. The van der Waals surface area contributed by atoms with E-state index in [4.69, 9.17) is 5.11 Å². The predicted octanol–water partition coefficient (Wildman–Crippen LogP) is 1.47. The van der Waals surface area contributed by atoms with Gasteiger partial charge in [-0.1, -0.05) is 13.3 Å². The van der Waals surface area contributed by atoms with E-state index in [1.54, 1.807) is 4.90 Å². The second-order valence-corrected chi connectivity index (χ2v) is 6.20. The summed E-state index contributed by atoms with van der Waals surface area (Å²) in [5.74, 6) is -0.664. The van der Waals surface area contributed by atoms with Gasteiger partial charge in [0.15, 0.2) is 0 Å². The van der Waals surface area contributed by atoms with Gasteiger partial charge in [-0.05, 0) is 39.3 Å². The molecule has 1 atom stereocenters. The van der Waals surface area contributed by atoms with E-state index in [-0.39, 0.29) is 12.6 Å². The van der Waals surface area contributed by atoms with Crippen molar-refractivity contribution in [3.8, 4) is 0 Å². The van der Waals surface area contributed by atoms with Gasteiger partial charge in [0.25, 0.3) is 0 Å². The zero-order valence-corrected chi connectivity index (χ0v) is 13.5. The molecule has 0 bridgehead atoms. The van der Waals surface area contributed by atoms with E-state index in [0.717, 1.165) is 38.9 Å². The Labute approximate surface area is 127 Å². The van der Waals surface area contributed by atoms with Gasteiger partial charge in [0.1, 0.15) is 0 Å². The van der Waals surface area contributed by atoms with Crippen LogP contribution in [0.1, 0.15) is 32.6 Å². The summed E-state index contributed by atoms with van der Waals surface area (Å²) >= 11 is 0. The van der Waals surface area contributed by atoms with Crippen molar-refractivity contribution in [3.05, 3.63) is 0 Å². The fourth-order valence-corrected chi connectivity index (χ4v) is 2.82. The lowest BCUT2D eigenvalue weighted by Crippen LogP contribution is -2.47. The molecule has 0 aromatic carbocycles. The standard InChI is InChI=1S/C15H29N3O3/c1-4-5-13(14(19)20)10-16-15(21)18-8-6-12(7-9-18)11-17(2)3/h12-13H,4-11H2,1-3H3,(H,16,21)(H,19,20). The highest BCUT2D eigenvalue weighted by atomic mass is 16.4. The zero-order chi connectivity index (χ0) is 15.8. The Bertz CT molecular complexity index is 339. The smallest absolute Gasteiger partial charge is 0.317 e. The van der Waals surface area contributed by atoms with Crippen molar-refractivity contribution < 1.29 is 14.7 Å². The van der Waals surface area contributed by atoms with Crippen LogP contribution in [0.15, 0.2) is 0 Å². The number of rotatable bonds is 7. The Hall–Kier alpha value is -1.30. The van der Waals surface area contributed by atoms with Gasteiger partial charge in [-0.2, -0.15) is 0 Å². The Balaban J connectivity index is 2.32. The summed E-state index contributed by atoms with van der Waals surface area (Å²) < 4.78 is 0. The molecule has 0 aliphatic carbocycles. The maximum absolute atomic E-state index is 12.1. The molecule has 0 spiro atoms.